The Morgan fingerprint density at radius 1 is 0.655 bits per heavy atom. The maximum atomic E-state index is 11.8. The van der Waals surface area contributed by atoms with Crippen LogP contribution in [0, 0.1) is 5.92 Å². The van der Waals surface area contributed by atoms with E-state index in [2.05, 4.69) is 20.8 Å². The van der Waals surface area contributed by atoms with E-state index in [-0.39, 0.29) is 30.9 Å². The fourth-order valence-electron chi connectivity index (χ4n) is 3.38. The molecule has 0 radical (unpaired) electrons. The predicted molar refractivity (Wildman–Crippen MR) is 121 cm³/mol. The molecule has 4 heteroatoms. The molecule has 0 heterocycles. The van der Waals surface area contributed by atoms with E-state index in [1.807, 2.05) is 6.92 Å². The average molecular weight is 413 g/mol. The zero-order valence-corrected chi connectivity index (χ0v) is 19.8. The first kappa shape index (κ1) is 27.9. The monoisotopic (exact) mass is 412 g/mol. The maximum Gasteiger partial charge on any atom is 0.306 e. The second-order valence-corrected chi connectivity index (χ2v) is 8.88. The zero-order valence-electron chi connectivity index (χ0n) is 19.8. The van der Waals surface area contributed by atoms with Gasteiger partial charge in [-0.15, -0.1) is 0 Å². The molecule has 172 valence electrons. The third-order valence-corrected chi connectivity index (χ3v) is 5.27. The summed E-state index contributed by atoms with van der Waals surface area (Å²) in [5.41, 5.74) is 0. The first-order chi connectivity index (χ1) is 14.0. The van der Waals surface area contributed by atoms with E-state index in [4.69, 9.17) is 9.47 Å². The topological polar surface area (TPSA) is 52.6 Å². The van der Waals surface area contributed by atoms with Crippen molar-refractivity contribution < 1.29 is 19.1 Å². The smallest absolute Gasteiger partial charge is 0.306 e. The molecule has 29 heavy (non-hydrogen) atoms. The van der Waals surface area contributed by atoms with Gasteiger partial charge in [0, 0.05) is 0 Å². The lowest BCUT2D eigenvalue weighted by Gasteiger charge is -2.13. The van der Waals surface area contributed by atoms with Crippen molar-refractivity contribution in [3.05, 3.63) is 0 Å². The van der Waals surface area contributed by atoms with Crippen LogP contribution in [0.2, 0.25) is 0 Å². The SMILES string of the molecule is CCCCCCCCCCCCCOC(=O)CCC(=O)OC(C)CCCC(C)C. The minimum Gasteiger partial charge on any atom is -0.466 e. The van der Waals surface area contributed by atoms with Crippen LogP contribution in [-0.2, 0) is 19.1 Å². The Labute approximate surface area is 180 Å². The van der Waals surface area contributed by atoms with Gasteiger partial charge < -0.3 is 9.47 Å². The summed E-state index contributed by atoms with van der Waals surface area (Å²) in [5, 5.41) is 0. The van der Waals surface area contributed by atoms with E-state index >= 15 is 0 Å². The third-order valence-electron chi connectivity index (χ3n) is 5.27. The standard InChI is InChI=1S/C25H48O4/c1-5-6-7-8-9-10-11-12-13-14-15-21-28-24(26)19-20-25(27)29-23(4)18-16-17-22(2)3/h22-23H,5-21H2,1-4H3. The van der Waals surface area contributed by atoms with Gasteiger partial charge in [0.1, 0.15) is 0 Å². The lowest BCUT2D eigenvalue weighted by Crippen LogP contribution is -2.16. The van der Waals surface area contributed by atoms with Gasteiger partial charge in [-0.3, -0.25) is 9.59 Å². The van der Waals surface area contributed by atoms with E-state index in [9.17, 15) is 9.59 Å². The predicted octanol–water partition coefficient (Wildman–Crippen LogP) is 7.38. The summed E-state index contributed by atoms with van der Waals surface area (Å²) in [6, 6.07) is 0. The average Bonchev–Trinajstić information content (AvgIpc) is 2.67. The van der Waals surface area contributed by atoms with E-state index in [0.717, 1.165) is 32.1 Å². The van der Waals surface area contributed by atoms with Gasteiger partial charge in [-0.25, -0.2) is 0 Å². The van der Waals surface area contributed by atoms with Gasteiger partial charge in [0.2, 0.25) is 0 Å². The Hall–Kier alpha value is -1.06. The highest BCUT2D eigenvalue weighted by atomic mass is 16.5. The number of ether oxygens (including phenoxy) is 2. The Morgan fingerprint density at radius 3 is 1.72 bits per heavy atom. The minimum absolute atomic E-state index is 0.0754. The van der Waals surface area contributed by atoms with Gasteiger partial charge in [0.15, 0.2) is 0 Å². The molecule has 0 aromatic carbocycles. The number of hydrogen-bond donors (Lipinski definition) is 0. The van der Waals surface area contributed by atoms with Gasteiger partial charge in [0.05, 0.1) is 25.6 Å². The van der Waals surface area contributed by atoms with Crippen molar-refractivity contribution >= 4 is 11.9 Å². The Kier molecular flexibility index (Phi) is 19.5. The van der Waals surface area contributed by atoms with Gasteiger partial charge in [-0.2, -0.15) is 0 Å². The van der Waals surface area contributed by atoms with Crippen LogP contribution in [0.3, 0.4) is 0 Å². The second kappa shape index (κ2) is 20.2. The first-order valence-electron chi connectivity index (χ1n) is 12.3. The van der Waals surface area contributed by atoms with Crippen molar-refractivity contribution in [1.29, 1.82) is 0 Å². The molecular formula is C25H48O4. The highest BCUT2D eigenvalue weighted by Gasteiger charge is 2.12. The van der Waals surface area contributed by atoms with E-state index in [1.54, 1.807) is 0 Å². The molecule has 4 nitrogen and oxygen atoms in total. The van der Waals surface area contributed by atoms with E-state index in [0.29, 0.717) is 12.5 Å². The van der Waals surface area contributed by atoms with Gasteiger partial charge >= 0.3 is 11.9 Å². The van der Waals surface area contributed by atoms with Crippen molar-refractivity contribution in [2.75, 3.05) is 6.61 Å². The molecule has 1 unspecified atom stereocenters. The lowest BCUT2D eigenvalue weighted by molar-refractivity contribution is -0.153. The van der Waals surface area contributed by atoms with Crippen LogP contribution < -0.4 is 0 Å². The van der Waals surface area contributed by atoms with E-state index < -0.39 is 0 Å². The molecule has 0 aliphatic carbocycles. The summed E-state index contributed by atoms with van der Waals surface area (Å²) in [4.78, 5) is 23.5. The molecular weight excluding hydrogens is 364 g/mol. The van der Waals surface area contributed by atoms with E-state index in [1.165, 1.54) is 57.8 Å². The van der Waals surface area contributed by atoms with Crippen LogP contribution in [0.1, 0.15) is 130 Å². The summed E-state index contributed by atoms with van der Waals surface area (Å²) < 4.78 is 10.6. The van der Waals surface area contributed by atoms with Crippen molar-refractivity contribution in [2.24, 2.45) is 5.92 Å². The Balaban J connectivity index is 3.43. The van der Waals surface area contributed by atoms with Crippen LogP contribution in [0.5, 0.6) is 0 Å². The normalized spacial score (nSPS) is 12.2. The Bertz CT molecular complexity index is 392. The maximum absolute atomic E-state index is 11.8. The van der Waals surface area contributed by atoms with Crippen molar-refractivity contribution in [2.45, 2.75) is 137 Å². The fraction of sp³-hybridized carbons (Fsp3) is 0.920. The van der Waals surface area contributed by atoms with Gasteiger partial charge in [0.25, 0.3) is 0 Å². The Morgan fingerprint density at radius 2 is 1.17 bits per heavy atom. The molecule has 0 aromatic rings. The summed E-state index contributed by atoms with van der Waals surface area (Å²) >= 11 is 0. The van der Waals surface area contributed by atoms with Gasteiger partial charge in [-0.05, 0) is 32.1 Å². The molecule has 0 fully saturated rings. The van der Waals surface area contributed by atoms with Crippen molar-refractivity contribution in [3.63, 3.8) is 0 Å². The zero-order chi connectivity index (χ0) is 21.7. The molecule has 0 rings (SSSR count). The molecule has 0 amide bonds. The summed E-state index contributed by atoms with van der Waals surface area (Å²) in [5.74, 6) is 0.0863. The largest absolute Gasteiger partial charge is 0.466 e. The van der Waals surface area contributed by atoms with Crippen molar-refractivity contribution in [3.8, 4) is 0 Å². The molecule has 0 saturated carbocycles. The molecule has 0 N–H and O–H groups in total. The fourth-order valence-corrected chi connectivity index (χ4v) is 3.38. The summed E-state index contributed by atoms with van der Waals surface area (Å²) in [6.45, 7) is 9.03. The number of unbranched alkanes of at least 4 members (excludes halogenated alkanes) is 10. The van der Waals surface area contributed by atoms with Crippen LogP contribution in [0.4, 0.5) is 0 Å². The highest BCUT2D eigenvalue weighted by molar-refractivity contribution is 5.77. The molecule has 0 saturated heterocycles. The molecule has 0 aliphatic rings. The molecule has 1 atom stereocenters. The highest BCUT2D eigenvalue weighted by Crippen LogP contribution is 2.12. The number of carbonyl (C=O) groups excluding carboxylic acids is 2. The van der Waals surface area contributed by atoms with Crippen LogP contribution in [0.25, 0.3) is 0 Å². The molecule has 0 bridgehead atoms. The van der Waals surface area contributed by atoms with Crippen LogP contribution in [0.15, 0.2) is 0 Å². The number of carbonyl (C=O) groups is 2. The lowest BCUT2D eigenvalue weighted by atomic mass is 10.0. The summed E-state index contributed by atoms with van der Waals surface area (Å²) in [7, 11) is 0. The minimum atomic E-state index is -0.298. The van der Waals surface area contributed by atoms with Crippen LogP contribution in [-0.4, -0.2) is 24.6 Å². The first-order valence-corrected chi connectivity index (χ1v) is 12.3. The molecule has 0 aromatic heterocycles. The summed E-state index contributed by atoms with van der Waals surface area (Å²) in [6.07, 6.45) is 17.3. The number of hydrogen-bond acceptors (Lipinski definition) is 4. The van der Waals surface area contributed by atoms with Gasteiger partial charge in [-0.1, -0.05) is 91.4 Å². The second-order valence-electron chi connectivity index (χ2n) is 8.88. The van der Waals surface area contributed by atoms with Crippen molar-refractivity contribution in [1.82, 2.24) is 0 Å². The molecule has 0 aliphatic heterocycles. The number of esters is 2. The quantitative estimate of drug-likeness (QED) is 0.155. The van der Waals surface area contributed by atoms with Crippen LogP contribution >= 0.6 is 0 Å². The number of rotatable bonds is 20. The molecule has 0 spiro atoms. The third kappa shape index (κ3) is 21.5.